The number of methoxy groups -OCH3 is 2. The van der Waals surface area contributed by atoms with Crippen molar-refractivity contribution < 1.29 is 14.3 Å². The normalized spacial score (nSPS) is 21.9. The average Bonchev–Trinajstić information content (AvgIpc) is 3.27. The summed E-state index contributed by atoms with van der Waals surface area (Å²) < 4.78 is 10.8. The van der Waals surface area contributed by atoms with Gasteiger partial charge in [0.1, 0.15) is 5.75 Å². The maximum Gasteiger partial charge on any atom is 0.339 e. The van der Waals surface area contributed by atoms with Gasteiger partial charge in [-0.25, -0.2) is 4.79 Å². The molecule has 0 bridgehead atoms. The Labute approximate surface area is 170 Å². The number of rotatable bonds is 3. The molecule has 1 aliphatic heterocycles. The minimum Gasteiger partial charge on any atom is -0.496 e. The molecular weight excluding hydrogens is 362 g/mol. The third kappa shape index (κ3) is 2.70. The van der Waals surface area contributed by atoms with E-state index in [2.05, 4.69) is 53.9 Å². The van der Waals surface area contributed by atoms with Crippen molar-refractivity contribution in [2.75, 3.05) is 19.5 Å². The summed E-state index contributed by atoms with van der Waals surface area (Å²) in [7, 11) is 3.14. The van der Waals surface area contributed by atoms with Crippen LogP contribution < -0.4 is 10.1 Å². The molecule has 5 rings (SSSR count). The highest BCUT2D eigenvalue weighted by atomic mass is 16.5. The maximum absolute atomic E-state index is 12.5. The van der Waals surface area contributed by atoms with E-state index in [1.54, 1.807) is 7.11 Å². The van der Waals surface area contributed by atoms with E-state index >= 15 is 0 Å². The molecule has 3 atom stereocenters. The highest BCUT2D eigenvalue weighted by Crippen LogP contribution is 2.53. The topological polar surface area (TPSA) is 47.6 Å². The van der Waals surface area contributed by atoms with Gasteiger partial charge in [0.2, 0.25) is 0 Å². The second kappa shape index (κ2) is 6.96. The SMILES string of the molecule is COC(=O)c1cccc2c1NC(c1c(OC)ccc3ccccc13)C1CC=CC21. The van der Waals surface area contributed by atoms with Crippen LogP contribution in [0.15, 0.2) is 66.7 Å². The fourth-order valence-electron chi connectivity index (χ4n) is 4.96. The van der Waals surface area contributed by atoms with Crippen molar-refractivity contribution in [3.8, 4) is 5.75 Å². The van der Waals surface area contributed by atoms with Gasteiger partial charge in [-0.1, -0.05) is 54.6 Å². The number of hydrogen-bond donors (Lipinski definition) is 1. The van der Waals surface area contributed by atoms with Crippen LogP contribution in [0.1, 0.15) is 39.9 Å². The summed E-state index contributed by atoms with van der Waals surface area (Å²) in [6, 6.07) is 18.4. The number of carbonyl (C=O) groups excluding carboxylic acids is 1. The summed E-state index contributed by atoms with van der Waals surface area (Å²) in [5, 5.41) is 6.07. The lowest BCUT2D eigenvalue weighted by molar-refractivity contribution is 0.0601. The van der Waals surface area contributed by atoms with Crippen LogP contribution in [0.3, 0.4) is 0 Å². The van der Waals surface area contributed by atoms with E-state index in [9.17, 15) is 4.79 Å². The standard InChI is InChI=1S/C25H23NO3/c1-28-21-14-13-15-7-3-4-8-16(15)22(21)24-19-11-5-9-17(19)18-10-6-12-20(23(18)26-24)25(27)29-2/h3-10,12-14,17,19,24,26H,11H2,1-2H3. The smallest absolute Gasteiger partial charge is 0.339 e. The van der Waals surface area contributed by atoms with Gasteiger partial charge in [-0.05, 0) is 40.8 Å². The number of carbonyl (C=O) groups is 1. The number of fused-ring (bicyclic) bond motifs is 4. The first-order chi connectivity index (χ1) is 14.2. The molecule has 1 N–H and O–H groups in total. The highest BCUT2D eigenvalue weighted by Gasteiger charge is 2.41. The minimum absolute atomic E-state index is 0.0226. The number of anilines is 1. The summed E-state index contributed by atoms with van der Waals surface area (Å²) in [5.74, 6) is 1.16. The Balaban J connectivity index is 1.73. The second-order valence-corrected chi connectivity index (χ2v) is 7.64. The number of para-hydroxylation sites is 1. The van der Waals surface area contributed by atoms with Gasteiger partial charge in [-0.2, -0.15) is 0 Å². The van der Waals surface area contributed by atoms with Gasteiger partial charge in [0, 0.05) is 11.5 Å². The Hall–Kier alpha value is -3.27. The van der Waals surface area contributed by atoms with E-state index in [1.165, 1.54) is 17.9 Å². The van der Waals surface area contributed by atoms with Crippen LogP contribution in [-0.4, -0.2) is 20.2 Å². The number of allylic oxidation sites excluding steroid dienone is 2. The Morgan fingerprint density at radius 2 is 1.90 bits per heavy atom. The molecule has 3 unspecified atom stereocenters. The molecule has 3 aromatic carbocycles. The van der Waals surface area contributed by atoms with E-state index in [0.717, 1.165) is 29.0 Å². The molecule has 0 aromatic heterocycles. The molecule has 146 valence electrons. The first-order valence-corrected chi connectivity index (χ1v) is 9.93. The molecule has 1 aliphatic carbocycles. The van der Waals surface area contributed by atoms with Crippen molar-refractivity contribution in [3.05, 3.63) is 83.4 Å². The fraction of sp³-hybridized carbons (Fsp3) is 0.240. The van der Waals surface area contributed by atoms with Crippen molar-refractivity contribution in [1.82, 2.24) is 0 Å². The first-order valence-electron chi connectivity index (χ1n) is 9.93. The first kappa shape index (κ1) is 17.8. The molecule has 0 saturated heterocycles. The van der Waals surface area contributed by atoms with Crippen molar-refractivity contribution in [3.63, 3.8) is 0 Å². The number of esters is 1. The Kier molecular flexibility index (Phi) is 4.27. The van der Waals surface area contributed by atoms with Crippen LogP contribution in [-0.2, 0) is 4.74 Å². The number of hydrogen-bond acceptors (Lipinski definition) is 4. The van der Waals surface area contributed by atoms with Gasteiger partial charge < -0.3 is 14.8 Å². The maximum atomic E-state index is 12.5. The van der Waals surface area contributed by atoms with Crippen molar-refractivity contribution >= 4 is 22.4 Å². The summed E-state index contributed by atoms with van der Waals surface area (Å²) >= 11 is 0. The summed E-state index contributed by atoms with van der Waals surface area (Å²) in [4.78, 5) is 12.5. The summed E-state index contributed by atoms with van der Waals surface area (Å²) in [6.07, 6.45) is 5.51. The molecule has 2 aliphatic rings. The Bertz CT molecular complexity index is 1130. The molecule has 4 heteroatoms. The van der Waals surface area contributed by atoms with Crippen LogP contribution in [0, 0.1) is 5.92 Å². The largest absolute Gasteiger partial charge is 0.496 e. The van der Waals surface area contributed by atoms with Crippen molar-refractivity contribution in [2.24, 2.45) is 5.92 Å². The third-order valence-electron chi connectivity index (χ3n) is 6.26. The quantitative estimate of drug-likeness (QED) is 0.480. The van der Waals surface area contributed by atoms with Gasteiger partial charge >= 0.3 is 5.97 Å². The number of nitrogens with one attached hydrogen (secondary N) is 1. The van der Waals surface area contributed by atoms with Gasteiger partial charge in [0.25, 0.3) is 0 Å². The zero-order valence-electron chi connectivity index (χ0n) is 16.5. The second-order valence-electron chi connectivity index (χ2n) is 7.64. The van der Waals surface area contributed by atoms with Gasteiger partial charge in [0.05, 0.1) is 31.5 Å². The lowest BCUT2D eigenvalue weighted by Gasteiger charge is -2.39. The van der Waals surface area contributed by atoms with E-state index in [0.29, 0.717) is 11.5 Å². The van der Waals surface area contributed by atoms with E-state index in [1.807, 2.05) is 18.2 Å². The zero-order valence-corrected chi connectivity index (χ0v) is 16.5. The Morgan fingerprint density at radius 1 is 1.03 bits per heavy atom. The third-order valence-corrected chi connectivity index (χ3v) is 6.26. The molecule has 0 radical (unpaired) electrons. The van der Waals surface area contributed by atoms with Gasteiger partial charge in [0.15, 0.2) is 0 Å². The fourth-order valence-corrected chi connectivity index (χ4v) is 4.96. The van der Waals surface area contributed by atoms with Gasteiger partial charge in [-0.3, -0.25) is 0 Å². The molecule has 1 heterocycles. The molecule has 0 saturated carbocycles. The minimum atomic E-state index is -0.321. The molecule has 3 aromatic rings. The molecule has 0 amide bonds. The molecule has 0 fully saturated rings. The van der Waals surface area contributed by atoms with Gasteiger partial charge in [-0.15, -0.1) is 0 Å². The zero-order chi connectivity index (χ0) is 20.0. The van der Waals surface area contributed by atoms with E-state index in [-0.39, 0.29) is 17.9 Å². The lowest BCUT2D eigenvalue weighted by Crippen LogP contribution is -2.31. The van der Waals surface area contributed by atoms with E-state index < -0.39 is 0 Å². The monoisotopic (exact) mass is 385 g/mol. The van der Waals surface area contributed by atoms with Crippen LogP contribution in [0.4, 0.5) is 5.69 Å². The summed E-state index contributed by atoms with van der Waals surface area (Å²) in [5.41, 5.74) is 3.75. The van der Waals surface area contributed by atoms with Crippen LogP contribution in [0.2, 0.25) is 0 Å². The lowest BCUT2D eigenvalue weighted by atomic mass is 9.75. The molecule has 29 heavy (non-hydrogen) atoms. The van der Waals surface area contributed by atoms with Crippen LogP contribution >= 0.6 is 0 Å². The van der Waals surface area contributed by atoms with E-state index in [4.69, 9.17) is 9.47 Å². The predicted molar refractivity (Wildman–Crippen MR) is 115 cm³/mol. The predicted octanol–water partition coefficient (Wildman–Crippen LogP) is 5.46. The number of benzene rings is 3. The van der Waals surface area contributed by atoms with Crippen LogP contribution in [0.5, 0.6) is 5.75 Å². The van der Waals surface area contributed by atoms with Crippen molar-refractivity contribution in [2.45, 2.75) is 18.4 Å². The average molecular weight is 385 g/mol. The molecular formula is C25H23NO3. The molecule has 4 nitrogen and oxygen atoms in total. The summed E-state index contributed by atoms with van der Waals surface area (Å²) in [6.45, 7) is 0. The number of ether oxygens (including phenoxy) is 2. The van der Waals surface area contributed by atoms with Crippen molar-refractivity contribution in [1.29, 1.82) is 0 Å². The molecule has 0 spiro atoms. The highest BCUT2D eigenvalue weighted by molar-refractivity contribution is 5.97. The van der Waals surface area contributed by atoms with Crippen LogP contribution in [0.25, 0.3) is 10.8 Å². The Morgan fingerprint density at radius 3 is 2.72 bits per heavy atom.